The highest BCUT2D eigenvalue weighted by molar-refractivity contribution is 6.33. The fraction of sp³-hybridized carbons (Fsp3) is 0.368. The van der Waals surface area contributed by atoms with Crippen molar-refractivity contribution in [2.24, 2.45) is 11.8 Å². The van der Waals surface area contributed by atoms with E-state index in [1.165, 1.54) is 0 Å². The van der Waals surface area contributed by atoms with Crippen molar-refractivity contribution in [3.63, 3.8) is 0 Å². The lowest BCUT2D eigenvalue weighted by atomic mass is 9.81. The molecule has 0 bridgehead atoms. The van der Waals surface area contributed by atoms with Crippen LogP contribution in [0.15, 0.2) is 47.1 Å². The van der Waals surface area contributed by atoms with Gasteiger partial charge in [0.15, 0.2) is 0 Å². The predicted octanol–water partition coefficient (Wildman–Crippen LogP) is 3.99. The third-order valence-electron chi connectivity index (χ3n) is 4.62. The van der Waals surface area contributed by atoms with E-state index in [0.717, 1.165) is 5.76 Å². The van der Waals surface area contributed by atoms with E-state index in [1.54, 1.807) is 24.5 Å². The van der Waals surface area contributed by atoms with Crippen LogP contribution in [0.5, 0.6) is 0 Å². The van der Waals surface area contributed by atoms with E-state index < -0.39 is 0 Å². The Hall–Kier alpha value is -2.27. The van der Waals surface area contributed by atoms with Crippen LogP contribution < -0.4 is 10.6 Å². The number of hydrogen-bond donors (Lipinski definition) is 2. The number of amides is 2. The van der Waals surface area contributed by atoms with Gasteiger partial charge in [-0.3, -0.25) is 9.59 Å². The topological polar surface area (TPSA) is 71.3 Å². The average Bonchev–Trinajstić information content (AvgIpc) is 3.15. The predicted molar refractivity (Wildman–Crippen MR) is 96.1 cm³/mol. The lowest BCUT2D eigenvalue weighted by molar-refractivity contribution is -0.128. The summed E-state index contributed by atoms with van der Waals surface area (Å²) in [5, 5.41) is 6.31. The molecule has 0 saturated heterocycles. The minimum Gasteiger partial charge on any atom is -0.467 e. The van der Waals surface area contributed by atoms with Gasteiger partial charge in [-0.25, -0.2) is 0 Å². The average molecular weight is 361 g/mol. The molecule has 0 aliphatic heterocycles. The molecule has 1 aromatic carbocycles. The normalized spacial score (nSPS) is 20.0. The van der Waals surface area contributed by atoms with Gasteiger partial charge in [-0.15, -0.1) is 0 Å². The van der Waals surface area contributed by atoms with Gasteiger partial charge in [-0.2, -0.15) is 0 Å². The summed E-state index contributed by atoms with van der Waals surface area (Å²) in [7, 11) is 0. The molecule has 1 aliphatic carbocycles. The van der Waals surface area contributed by atoms with Gasteiger partial charge in [0.2, 0.25) is 11.8 Å². The number of carbonyl (C=O) groups excluding carboxylic acids is 2. The number of hydrogen-bond acceptors (Lipinski definition) is 3. The van der Waals surface area contributed by atoms with Crippen molar-refractivity contribution in [2.45, 2.75) is 32.2 Å². The van der Waals surface area contributed by atoms with Crippen LogP contribution in [-0.4, -0.2) is 11.8 Å². The minimum atomic E-state index is -0.0783. The first-order chi connectivity index (χ1) is 12.1. The molecule has 1 fully saturated rings. The molecule has 2 N–H and O–H groups in total. The number of anilines is 1. The largest absolute Gasteiger partial charge is 0.467 e. The summed E-state index contributed by atoms with van der Waals surface area (Å²) in [6.45, 7) is 0.402. The Morgan fingerprint density at radius 1 is 1.00 bits per heavy atom. The van der Waals surface area contributed by atoms with Crippen LogP contribution in [0.1, 0.15) is 31.4 Å². The molecule has 0 unspecified atom stereocenters. The fourth-order valence-corrected chi connectivity index (χ4v) is 3.33. The zero-order valence-electron chi connectivity index (χ0n) is 13.8. The molecule has 0 spiro atoms. The molecular weight excluding hydrogens is 340 g/mol. The maximum absolute atomic E-state index is 12.4. The summed E-state index contributed by atoms with van der Waals surface area (Å²) in [5.41, 5.74) is 0.632. The molecule has 5 nitrogen and oxygen atoms in total. The highest BCUT2D eigenvalue weighted by atomic mass is 35.5. The molecule has 6 heteroatoms. The molecule has 1 aliphatic rings. The van der Waals surface area contributed by atoms with Crippen molar-refractivity contribution < 1.29 is 14.0 Å². The van der Waals surface area contributed by atoms with Gasteiger partial charge in [0, 0.05) is 11.8 Å². The number of rotatable bonds is 5. The van der Waals surface area contributed by atoms with Crippen molar-refractivity contribution >= 4 is 29.1 Å². The van der Waals surface area contributed by atoms with E-state index in [1.807, 2.05) is 18.2 Å². The summed E-state index contributed by atoms with van der Waals surface area (Å²) in [4.78, 5) is 24.6. The summed E-state index contributed by atoms with van der Waals surface area (Å²) < 4.78 is 5.21. The van der Waals surface area contributed by atoms with Crippen LogP contribution in [-0.2, 0) is 16.1 Å². The molecule has 132 valence electrons. The molecule has 25 heavy (non-hydrogen) atoms. The van der Waals surface area contributed by atoms with Crippen molar-refractivity contribution in [1.82, 2.24) is 5.32 Å². The van der Waals surface area contributed by atoms with Crippen LogP contribution in [0.3, 0.4) is 0 Å². The molecule has 0 atom stereocenters. The molecule has 1 heterocycles. The molecule has 2 amide bonds. The Labute approximate surface area is 151 Å². The van der Waals surface area contributed by atoms with Gasteiger partial charge in [-0.05, 0) is 49.9 Å². The monoisotopic (exact) mass is 360 g/mol. The van der Waals surface area contributed by atoms with Gasteiger partial charge in [0.25, 0.3) is 0 Å². The number of nitrogens with one attached hydrogen (secondary N) is 2. The van der Waals surface area contributed by atoms with Crippen LogP contribution >= 0.6 is 11.6 Å². The Morgan fingerprint density at radius 2 is 1.68 bits per heavy atom. The van der Waals surface area contributed by atoms with E-state index >= 15 is 0 Å². The fourth-order valence-electron chi connectivity index (χ4n) is 3.15. The van der Waals surface area contributed by atoms with E-state index in [9.17, 15) is 9.59 Å². The van der Waals surface area contributed by atoms with Crippen molar-refractivity contribution in [3.05, 3.63) is 53.4 Å². The molecule has 1 aromatic heterocycles. The van der Waals surface area contributed by atoms with E-state index in [4.69, 9.17) is 16.0 Å². The minimum absolute atomic E-state index is 0.0254. The van der Waals surface area contributed by atoms with E-state index in [-0.39, 0.29) is 23.7 Å². The second-order valence-electron chi connectivity index (χ2n) is 6.31. The van der Waals surface area contributed by atoms with Gasteiger partial charge in [0.1, 0.15) is 5.76 Å². The quantitative estimate of drug-likeness (QED) is 0.846. The molecule has 2 aromatic rings. The number of furan rings is 1. The number of para-hydroxylation sites is 1. The van der Waals surface area contributed by atoms with Crippen molar-refractivity contribution in [2.75, 3.05) is 5.32 Å². The summed E-state index contributed by atoms with van der Waals surface area (Å²) in [6.07, 6.45) is 4.42. The van der Waals surface area contributed by atoms with Crippen LogP contribution in [0.25, 0.3) is 0 Å². The zero-order valence-corrected chi connectivity index (χ0v) is 14.6. The first-order valence-electron chi connectivity index (χ1n) is 8.49. The maximum Gasteiger partial charge on any atom is 0.227 e. The third kappa shape index (κ3) is 4.63. The van der Waals surface area contributed by atoms with Gasteiger partial charge in [-0.1, -0.05) is 23.7 Å². The molecular formula is C19H21ClN2O3. The Bertz CT molecular complexity index is 722. The standard InChI is InChI=1S/C19H21ClN2O3/c20-16-5-1-2-6-17(16)22-19(24)14-9-7-13(8-10-14)18(23)21-12-15-4-3-11-25-15/h1-6,11,13-14H,7-10,12H2,(H,21,23)(H,22,24). The maximum atomic E-state index is 12.4. The van der Waals surface area contributed by atoms with Gasteiger partial charge >= 0.3 is 0 Å². The SMILES string of the molecule is O=C(NCc1ccco1)C1CCC(C(=O)Nc2ccccc2Cl)CC1. The Balaban J connectivity index is 1.45. The van der Waals surface area contributed by atoms with Crippen LogP contribution in [0.2, 0.25) is 5.02 Å². The summed E-state index contributed by atoms with van der Waals surface area (Å²) in [5.74, 6) is 0.620. The number of carbonyl (C=O) groups is 2. The molecule has 3 rings (SSSR count). The molecule has 1 saturated carbocycles. The van der Waals surface area contributed by atoms with Crippen LogP contribution in [0, 0.1) is 11.8 Å². The Morgan fingerprint density at radius 3 is 2.32 bits per heavy atom. The summed E-state index contributed by atoms with van der Waals surface area (Å²) in [6, 6.07) is 10.8. The number of benzene rings is 1. The zero-order chi connectivity index (χ0) is 17.6. The smallest absolute Gasteiger partial charge is 0.227 e. The first kappa shape index (κ1) is 17.5. The van der Waals surface area contributed by atoms with Gasteiger partial charge < -0.3 is 15.1 Å². The van der Waals surface area contributed by atoms with Crippen molar-refractivity contribution in [1.29, 1.82) is 0 Å². The second-order valence-corrected chi connectivity index (χ2v) is 6.72. The lowest BCUT2D eigenvalue weighted by Gasteiger charge is -2.27. The van der Waals surface area contributed by atoms with Gasteiger partial charge in [0.05, 0.1) is 23.5 Å². The van der Waals surface area contributed by atoms with E-state index in [2.05, 4.69) is 10.6 Å². The number of halogens is 1. The molecule has 0 radical (unpaired) electrons. The van der Waals surface area contributed by atoms with E-state index in [0.29, 0.717) is 42.9 Å². The highest BCUT2D eigenvalue weighted by Gasteiger charge is 2.30. The highest BCUT2D eigenvalue weighted by Crippen LogP contribution is 2.30. The lowest BCUT2D eigenvalue weighted by Crippen LogP contribution is -2.35. The summed E-state index contributed by atoms with van der Waals surface area (Å²) >= 11 is 6.07. The van der Waals surface area contributed by atoms with Crippen LogP contribution in [0.4, 0.5) is 5.69 Å². The second kappa shape index (κ2) is 8.21. The Kier molecular flexibility index (Phi) is 5.76. The van der Waals surface area contributed by atoms with Crippen molar-refractivity contribution in [3.8, 4) is 0 Å². The third-order valence-corrected chi connectivity index (χ3v) is 4.95. The first-order valence-corrected chi connectivity index (χ1v) is 8.87.